The second-order valence-electron chi connectivity index (χ2n) is 3.48. The molecular formula is C10H16N2O2S2. The quantitative estimate of drug-likeness (QED) is 0.771. The standard InChI is InChI=1S/C10H16N2O2S2/c1-11-8-9-4-3-5-12-10(9)15-6-7-16(2,13)14/h3-5,11H,6-8H2,1-2H3. The van der Waals surface area contributed by atoms with Gasteiger partial charge in [0, 0.05) is 24.8 Å². The van der Waals surface area contributed by atoms with Gasteiger partial charge in [-0.3, -0.25) is 0 Å². The summed E-state index contributed by atoms with van der Waals surface area (Å²) in [5, 5.41) is 3.96. The fourth-order valence-corrected chi connectivity index (χ4v) is 3.37. The molecule has 4 nitrogen and oxygen atoms in total. The van der Waals surface area contributed by atoms with E-state index in [1.165, 1.54) is 18.0 Å². The van der Waals surface area contributed by atoms with Crippen molar-refractivity contribution < 1.29 is 8.42 Å². The van der Waals surface area contributed by atoms with Gasteiger partial charge < -0.3 is 5.32 Å². The fourth-order valence-electron chi connectivity index (χ4n) is 1.17. The summed E-state index contributed by atoms with van der Waals surface area (Å²) in [4.78, 5) is 4.25. The molecule has 1 rings (SSSR count). The Hall–Kier alpha value is -0.590. The lowest BCUT2D eigenvalue weighted by Gasteiger charge is -2.06. The van der Waals surface area contributed by atoms with E-state index in [1.807, 2.05) is 19.2 Å². The lowest BCUT2D eigenvalue weighted by molar-refractivity contribution is 0.603. The summed E-state index contributed by atoms with van der Waals surface area (Å²) in [7, 11) is -1.01. The lowest BCUT2D eigenvalue weighted by Crippen LogP contribution is -2.08. The first-order chi connectivity index (χ1) is 7.53. The first-order valence-electron chi connectivity index (χ1n) is 4.92. The van der Waals surface area contributed by atoms with Gasteiger partial charge in [0.1, 0.15) is 14.9 Å². The molecule has 0 spiro atoms. The minimum absolute atomic E-state index is 0.188. The molecule has 1 heterocycles. The number of pyridine rings is 1. The maximum atomic E-state index is 11.0. The average Bonchev–Trinajstić information content (AvgIpc) is 2.19. The number of hydrogen-bond donors (Lipinski definition) is 1. The van der Waals surface area contributed by atoms with Crippen molar-refractivity contribution in [3.8, 4) is 0 Å². The smallest absolute Gasteiger partial charge is 0.148 e. The predicted octanol–water partition coefficient (Wildman–Crippen LogP) is 0.938. The number of hydrogen-bond acceptors (Lipinski definition) is 5. The van der Waals surface area contributed by atoms with E-state index >= 15 is 0 Å². The van der Waals surface area contributed by atoms with E-state index in [0.29, 0.717) is 5.75 Å². The summed E-state index contributed by atoms with van der Waals surface area (Å²) in [6.45, 7) is 0.745. The first-order valence-corrected chi connectivity index (χ1v) is 7.96. The van der Waals surface area contributed by atoms with Gasteiger partial charge in [0.2, 0.25) is 0 Å². The molecule has 0 atom stereocenters. The highest BCUT2D eigenvalue weighted by atomic mass is 32.2. The highest BCUT2D eigenvalue weighted by Gasteiger charge is 2.06. The number of nitrogens with one attached hydrogen (secondary N) is 1. The molecule has 1 N–H and O–H groups in total. The van der Waals surface area contributed by atoms with E-state index < -0.39 is 9.84 Å². The van der Waals surface area contributed by atoms with Crippen LogP contribution in [0.4, 0.5) is 0 Å². The highest BCUT2D eigenvalue weighted by Crippen LogP contribution is 2.19. The molecule has 0 aliphatic heterocycles. The molecule has 0 bridgehead atoms. The van der Waals surface area contributed by atoms with Gasteiger partial charge in [-0.15, -0.1) is 11.8 Å². The van der Waals surface area contributed by atoms with Crippen LogP contribution in [0.25, 0.3) is 0 Å². The number of sulfone groups is 1. The van der Waals surface area contributed by atoms with Crippen LogP contribution in [0.5, 0.6) is 0 Å². The lowest BCUT2D eigenvalue weighted by atomic mass is 10.3. The Morgan fingerprint density at radius 1 is 1.50 bits per heavy atom. The van der Waals surface area contributed by atoms with Gasteiger partial charge >= 0.3 is 0 Å². The number of thioether (sulfide) groups is 1. The zero-order chi connectivity index (χ0) is 12.0. The van der Waals surface area contributed by atoms with Gasteiger partial charge in [0.25, 0.3) is 0 Å². The van der Waals surface area contributed by atoms with Crippen molar-refractivity contribution in [1.82, 2.24) is 10.3 Å². The monoisotopic (exact) mass is 260 g/mol. The molecule has 90 valence electrons. The van der Waals surface area contributed by atoms with Gasteiger partial charge in [-0.25, -0.2) is 13.4 Å². The summed E-state index contributed by atoms with van der Waals surface area (Å²) >= 11 is 1.48. The van der Waals surface area contributed by atoms with Crippen LogP contribution in [0.15, 0.2) is 23.4 Å². The zero-order valence-corrected chi connectivity index (χ0v) is 11.1. The maximum absolute atomic E-state index is 11.0. The topological polar surface area (TPSA) is 59.1 Å². The van der Waals surface area contributed by atoms with Gasteiger partial charge in [-0.2, -0.15) is 0 Å². The third-order valence-corrected chi connectivity index (χ3v) is 4.16. The van der Waals surface area contributed by atoms with Crippen LogP contribution in [0.2, 0.25) is 0 Å². The van der Waals surface area contributed by atoms with E-state index in [4.69, 9.17) is 0 Å². The second-order valence-corrected chi connectivity index (χ2v) is 6.82. The Morgan fingerprint density at radius 2 is 2.25 bits per heavy atom. The minimum atomic E-state index is -2.88. The van der Waals surface area contributed by atoms with Crippen molar-refractivity contribution in [3.05, 3.63) is 23.9 Å². The summed E-state index contributed by atoms with van der Waals surface area (Å²) < 4.78 is 22.0. The number of aromatic nitrogens is 1. The SMILES string of the molecule is CNCc1cccnc1SCCS(C)(=O)=O. The van der Waals surface area contributed by atoms with E-state index in [2.05, 4.69) is 10.3 Å². The van der Waals surface area contributed by atoms with E-state index in [9.17, 15) is 8.42 Å². The molecule has 16 heavy (non-hydrogen) atoms. The Balaban J connectivity index is 2.59. The highest BCUT2D eigenvalue weighted by molar-refractivity contribution is 8.00. The Labute approximate surface area is 101 Å². The third kappa shape index (κ3) is 4.96. The molecule has 1 aromatic rings. The van der Waals surface area contributed by atoms with Gasteiger partial charge in [0.05, 0.1) is 5.75 Å². The van der Waals surface area contributed by atoms with Crippen molar-refractivity contribution in [2.24, 2.45) is 0 Å². The minimum Gasteiger partial charge on any atom is -0.316 e. The van der Waals surface area contributed by atoms with Crippen LogP contribution in [0, 0.1) is 0 Å². The van der Waals surface area contributed by atoms with Crippen LogP contribution in [-0.4, -0.2) is 38.2 Å². The third-order valence-electron chi connectivity index (χ3n) is 1.91. The van der Waals surface area contributed by atoms with E-state index in [1.54, 1.807) is 6.20 Å². The van der Waals surface area contributed by atoms with Crippen molar-refractivity contribution in [1.29, 1.82) is 0 Å². The van der Waals surface area contributed by atoms with Crippen molar-refractivity contribution >= 4 is 21.6 Å². The molecule has 1 aromatic heterocycles. The molecule has 0 saturated carbocycles. The van der Waals surface area contributed by atoms with Crippen LogP contribution in [0.3, 0.4) is 0 Å². The molecule has 0 radical (unpaired) electrons. The fraction of sp³-hybridized carbons (Fsp3) is 0.500. The van der Waals surface area contributed by atoms with Crippen molar-refractivity contribution in [2.75, 3.05) is 24.8 Å². The maximum Gasteiger partial charge on any atom is 0.148 e. The Bertz CT molecular complexity index is 432. The van der Waals surface area contributed by atoms with Crippen molar-refractivity contribution in [3.63, 3.8) is 0 Å². The molecule has 0 aromatic carbocycles. The Morgan fingerprint density at radius 3 is 2.88 bits per heavy atom. The van der Waals surface area contributed by atoms with Crippen LogP contribution in [-0.2, 0) is 16.4 Å². The van der Waals surface area contributed by atoms with E-state index in [0.717, 1.165) is 17.1 Å². The molecule has 0 fully saturated rings. The van der Waals surface area contributed by atoms with Crippen molar-refractivity contribution in [2.45, 2.75) is 11.6 Å². The second kappa shape index (κ2) is 6.22. The summed E-state index contributed by atoms with van der Waals surface area (Å²) in [6.07, 6.45) is 2.97. The molecular weight excluding hydrogens is 244 g/mol. The summed E-state index contributed by atoms with van der Waals surface area (Å²) in [5.74, 6) is 0.736. The van der Waals surface area contributed by atoms with Gasteiger partial charge in [-0.05, 0) is 18.7 Å². The largest absolute Gasteiger partial charge is 0.316 e. The van der Waals surface area contributed by atoms with Crippen LogP contribution >= 0.6 is 11.8 Å². The molecule has 0 amide bonds. The number of nitrogens with zero attached hydrogens (tertiary/aromatic N) is 1. The molecule has 0 aliphatic rings. The zero-order valence-electron chi connectivity index (χ0n) is 9.43. The number of rotatable bonds is 6. The van der Waals surface area contributed by atoms with Gasteiger partial charge in [-0.1, -0.05) is 6.07 Å². The molecule has 0 unspecified atom stereocenters. The first kappa shape index (κ1) is 13.5. The van der Waals surface area contributed by atoms with Crippen LogP contribution < -0.4 is 5.32 Å². The molecule has 6 heteroatoms. The molecule has 0 aliphatic carbocycles. The average molecular weight is 260 g/mol. The van der Waals surface area contributed by atoms with E-state index in [-0.39, 0.29) is 5.75 Å². The van der Waals surface area contributed by atoms with Crippen LogP contribution in [0.1, 0.15) is 5.56 Å². The van der Waals surface area contributed by atoms with Gasteiger partial charge in [0.15, 0.2) is 0 Å². The normalized spacial score (nSPS) is 11.6. The summed E-state index contributed by atoms with van der Waals surface area (Å²) in [6, 6.07) is 3.87. The Kier molecular flexibility index (Phi) is 5.24. The molecule has 0 saturated heterocycles. The summed E-state index contributed by atoms with van der Waals surface area (Å²) in [5.41, 5.74) is 1.10. The predicted molar refractivity (Wildman–Crippen MR) is 67.4 cm³/mol.